The van der Waals surface area contributed by atoms with Crippen LogP contribution in [0, 0.1) is 18.8 Å². The molecule has 1 unspecified atom stereocenters. The molecule has 2 rings (SSSR count). The molecular formula is C15H24ClNS. The van der Waals surface area contributed by atoms with Gasteiger partial charge >= 0.3 is 0 Å². The average Bonchev–Trinajstić information content (AvgIpc) is 2.69. The summed E-state index contributed by atoms with van der Waals surface area (Å²) in [6.45, 7) is 7.69. The zero-order valence-electron chi connectivity index (χ0n) is 11.6. The quantitative estimate of drug-likeness (QED) is 0.803. The van der Waals surface area contributed by atoms with E-state index < -0.39 is 0 Å². The fraction of sp³-hybridized carbons (Fsp3) is 0.733. The summed E-state index contributed by atoms with van der Waals surface area (Å²) in [5, 5.41) is 6.84. The molecule has 3 heteroatoms. The van der Waals surface area contributed by atoms with Gasteiger partial charge in [0.2, 0.25) is 0 Å². The van der Waals surface area contributed by atoms with Crippen LogP contribution < -0.4 is 5.32 Å². The highest BCUT2D eigenvalue weighted by Crippen LogP contribution is 2.42. The van der Waals surface area contributed by atoms with Gasteiger partial charge in [-0.3, -0.25) is 0 Å². The normalized spacial score (nSPS) is 26.2. The molecule has 0 aliphatic heterocycles. The van der Waals surface area contributed by atoms with Gasteiger partial charge in [0.05, 0.1) is 5.02 Å². The molecule has 0 saturated heterocycles. The maximum Gasteiger partial charge on any atom is 0.0590 e. The van der Waals surface area contributed by atoms with Crippen molar-refractivity contribution in [3.63, 3.8) is 0 Å². The lowest BCUT2D eigenvalue weighted by Gasteiger charge is -2.33. The summed E-state index contributed by atoms with van der Waals surface area (Å²) in [5.41, 5.74) is 1.23. The number of hydrogen-bond donors (Lipinski definition) is 1. The Bertz CT molecular complexity index is 380. The van der Waals surface area contributed by atoms with Crippen LogP contribution in [0.2, 0.25) is 5.02 Å². The van der Waals surface area contributed by atoms with Gasteiger partial charge in [-0.25, -0.2) is 0 Å². The van der Waals surface area contributed by atoms with Crippen molar-refractivity contribution in [1.29, 1.82) is 0 Å². The lowest BCUT2D eigenvalue weighted by molar-refractivity contribution is 0.235. The third-order valence-corrected chi connectivity index (χ3v) is 5.96. The maximum absolute atomic E-state index is 6.46. The summed E-state index contributed by atoms with van der Waals surface area (Å²) in [4.78, 5) is 1.36. The van der Waals surface area contributed by atoms with Crippen LogP contribution in [0.25, 0.3) is 0 Å². The van der Waals surface area contributed by atoms with Gasteiger partial charge in [0.1, 0.15) is 0 Å². The van der Waals surface area contributed by atoms with Gasteiger partial charge in [0.15, 0.2) is 0 Å². The monoisotopic (exact) mass is 285 g/mol. The van der Waals surface area contributed by atoms with Gasteiger partial charge in [-0.2, -0.15) is 0 Å². The summed E-state index contributed by atoms with van der Waals surface area (Å²) in [7, 11) is 0. The molecule has 1 aliphatic carbocycles. The number of halogens is 1. The molecule has 0 bridgehead atoms. The van der Waals surface area contributed by atoms with E-state index >= 15 is 0 Å². The number of rotatable bonds is 4. The molecule has 1 nitrogen and oxygen atoms in total. The Balaban J connectivity index is 2.15. The average molecular weight is 286 g/mol. The van der Waals surface area contributed by atoms with Crippen LogP contribution >= 0.6 is 22.9 Å². The predicted octanol–water partition coefficient (Wildman–Crippen LogP) is 5.19. The first kappa shape index (κ1) is 14.4. The SMILES string of the molecule is CCNC(c1scc(C)c1Cl)C1CCC(C)CC1. The van der Waals surface area contributed by atoms with E-state index in [2.05, 4.69) is 31.5 Å². The molecule has 1 saturated carbocycles. The minimum absolute atomic E-state index is 0.466. The van der Waals surface area contributed by atoms with Gasteiger partial charge in [-0.05, 0) is 49.1 Å². The Labute approximate surface area is 120 Å². The maximum atomic E-state index is 6.46. The molecule has 1 atom stereocenters. The van der Waals surface area contributed by atoms with Crippen LogP contribution in [0.4, 0.5) is 0 Å². The van der Waals surface area contributed by atoms with E-state index in [1.165, 1.54) is 36.1 Å². The van der Waals surface area contributed by atoms with E-state index in [1.54, 1.807) is 0 Å². The summed E-state index contributed by atoms with van der Waals surface area (Å²) < 4.78 is 0. The zero-order chi connectivity index (χ0) is 13.1. The van der Waals surface area contributed by atoms with Crippen LogP contribution in [-0.2, 0) is 0 Å². The van der Waals surface area contributed by atoms with E-state index in [1.807, 2.05) is 11.3 Å². The molecule has 0 amide bonds. The molecule has 0 radical (unpaired) electrons. The first-order chi connectivity index (χ1) is 8.63. The molecule has 1 fully saturated rings. The van der Waals surface area contributed by atoms with Crippen LogP contribution in [0.5, 0.6) is 0 Å². The first-order valence-corrected chi connectivity index (χ1v) is 8.36. The molecule has 18 heavy (non-hydrogen) atoms. The Morgan fingerprint density at radius 1 is 1.39 bits per heavy atom. The Kier molecular flexibility index (Phi) is 5.11. The van der Waals surface area contributed by atoms with Crippen molar-refractivity contribution in [3.05, 3.63) is 20.8 Å². The second kappa shape index (κ2) is 6.40. The summed E-state index contributed by atoms with van der Waals surface area (Å²) in [6.07, 6.45) is 5.42. The molecule has 1 aromatic heterocycles. The van der Waals surface area contributed by atoms with Gasteiger partial charge in [0.25, 0.3) is 0 Å². The Morgan fingerprint density at radius 3 is 2.56 bits per heavy atom. The standard InChI is InChI=1S/C15H24ClNS/c1-4-17-14(12-7-5-10(2)6-8-12)15-13(16)11(3)9-18-15/h9-10,12,14,17H,4-8H2,1-3H3. The van der Waals surface area contributed by atoms with Gasteiger partial charge in [-0.15, -0.1) is 11.3 Å². The van der Waals surface area contributed by atoms with E-state index in [4.69, 9.17) is 11.6 Å². The lowest BCUT2D eigenvalue weighted by atomic mass is 9.79. The largest absolute Gasteiger partial charge is 0.309 e. The van der Waals surface area contributed by atoms with Crippen molar-refractivity contribution in [2.75, 3.05) is 6.54 Å². The number of nitrogens with one attached hydrogen (secondary N) is 1. The molecule has 0 spiro atoms. The smallest absolute Gasteiger partial charge is 0.0590 e. The van der Waals surface area contributed by atoms with Crippen molar-refractivity contribution in [2.45, 2.75) is 52.5 Å². The zero-order valence-corrected chi connectivity index (χ0v) is 13.2. The minimum atomic E-state index is 0.466. The van der Waals surface area contributed by atoms with Crippen molar-refractivity contribution in [1.82, 2.24) is 5.32 Å². The van der Waals surface area contributed by atoms with Crippen LogP contribution in [0.1, 0.15) is 56.0 Å². The number of hydrogen-bond acceptors (Lipinski definition) is 2. The van der Waals surface area contributed by atoms with E-state index in [0.29, 0.717) is 6.04 Å². The molecular weight excluding hydrogens is 262 g/mol. The lowest BCUT2D eigenvalue weighted by Crippen LogP contribution is -2.30. The van der Waals surface area contributed by atoms with Crippen LogP contribution in [0.15, 0.2) is 5.38 Å². The highest BCUT2D eigenvalue weighted by atomic mass is 35.5. The van der Waals surface area contributed by atoms with Crippen molar-refractivity contribution < 1.29 is 0 Å². The molecule has 1 N–H and O–H groups in total. The highest BCUT2D eigenvalue weighted by molar-refractivity contribution is 7.10. The van der Waals surface area contributed by atoms with Gasteiger partial charge in [-0.1, -0.05) is 38.3 Å². The predicted molar refractivity (Wildman–Crippen MR) is 81.6 cm³/mol. The van der Waals surface area contributed by atoms with Crippen LogP contribution in [0.3, 0.4) is 0 Å². The van der Waals surface area contributed by atoms with Gasteiger partial charge in [0, 0.05) is 10.9 Å². The van der Waals surface area contributed by atoms with Crippen LogP contribution in [-0.4, -0.2) is 6.54 Å². The van der Waals surface area contributed by atoms with Gasteiger partial charge < -0.3 is 5.32 Å². The number of aryl methyl sites for hydroxylation is 1. The Morgan fingerprint density at radius 2 is 2.06 bits per heavy atom. The van der Waals surface area contributed by atoms with E-state index in [0.717, 1.165) is 23.4 Å². The molecule has 1 aliphatic rings. The summed E-state index contributed by atoms with van der Waals surface area (Å²) in [6, 6.07) is 0.466. The fourth-order valence-electron chi connectivity index (χ4n) is 2.97. The van der Waals surface area contributed by atoms with E-state index in [-0.39, 0.29) is 0 Å². The minimum Gasteiger partial charge on any atom is -0.309 e. The molecule has 0 aromatic carbocycles. The molecule has 102 valence electrons. The second-order valence-corrected chi connectivity index (χ2v) is 6.94. The summed E-state index contributed by atoms with van der Waals surface area (Å²) in [5.74, 6) is 1.67. The van der Waals surface area contributed by atoms with Crippen molar-refractivity contribution in [3.8, 4) is 0 Å². The summed E-state index contributed by atoms with van der Waals surface area (Å²) >= 11 is 8.28. The van der Waals surface area contributed by atoms with Crippen molar-refractivity contribution in [2.24, 2.45) is 11.8 Å². The third kappa shape index (κ3) is 3.09. The Hall–Kier alpha value is -0.0500. The topological polar surface area (TPSA) is 12.0 Å². The fourth-order valence-corrected chi connectivity index (χ4v) is 4.45. The third-order valence-electron chi connectivity index (χ3n) is 4.16. The number of thiophene rings is 1. The first-order valence-electron chi connectivity index (χ1n) is 7.10. The van der Waals surface area contributed by atoms with E-state index in [9.17, 15) is 0 Å². The molecule has 1 heterocycles. The second-order valence-electron chi connectivity index (χ2n) is 5.65. The molecule has 1 aromatic rings. The highest BCUT2D eigenvalue weighted by Gasteiger charge is 2.29. The van der Waals surface area contributed by atoms with Crippen molar-refractivity contribution >= 4 is 22.9 Å².